The number of ether oxygens (including phenoxy) is 1. The van der Waals surface area contributed by atoms with Crippen molar-refractivity contribution in [2.45, 2.75) is 45.1 Å². The molecule has 7 heteroatoms. The average Bonchev–Trinajstić information content (AvgIpc) is 2.62. The van der Waals surface area contributed by atoms with Crippen LogP contribution in [0.2, 0.25) is 10.0 Å². The third kappa shape index (κ3) is 3.99. The number of halogens is 2. The molecule has 0 spiro atoms. The lowest BCUT2D eigenvalue weighted by Gasteiger charge is -2.70. The molecule has 1 amide bonds. The number of aromatic nitrogens is 1. The highest BCUT2D eigenvalue weighted by molar-refractivity contribution is 6.42. The van der Waals surface area contributed by atoms with Crippen LogP contribution in [-0.2, 0) is 4.79 Å². The van der Waals surface area contributed by atoms with Gasteiger partial charge < -0.3 is 10.1 Å². The summed E-state index contributed by atoms with van der Waals surface area (Å²) < 4.78 is 5.49. The summed E-state index contributed by atoms with van der Waals surface area (Å²) in [6.45, 7) is 3.81. The van der Waals surface area contributed by atoms with Gasteiger partial charge in [-0.3, -0.25) is 14.6 Å². The molecular weight excluding hydrogens is 411 g/mol. The molecule has 29 heavy (non-hydrogen) atoms. The first kappa shape index (κ1) is 20.2. The molecule has 1 N–H and O–H groups in total. The van der Waals surface area contributed by atoms with Gasteiger partial charge in [-0.15, -0.1) is 0 Å². The Bertz CT molecular complexity index is 986. The highest BCUT2D eigenvalue weighted by atomic mass is 35.5. The maximum atomic E-state index is 12.6. The summed E-state index contributed by atoms with van der Waals surface area (Å²) >= 11 is 11.8. The van der Waals surface area contributed by atoms with Gasteiger partial charge in [0.2, 0.25) is 0 Å². The molecule has 0 atom stereocenters. The van der Waals surface area contributed by atoms with Crippen LogP contribution in [0.15, 0.2) is 30.5 Å². The summed E-state index contributed by atoms with van der Waals surface area (Å²) in [7, 11) is 0. The predicted molar refractivity (Wildman–Crippen MR) is 112 cm³/mol. The molecule has 3 saturated carbocycles. The Morgan fingerprint density at radius 3 is 2.52 bits per heavy atom. The van der Waals surface area contributed by atoms with Gasteiger partial charge in [0, 0.05) is 35.5 Å². The van der Waals surface area contributed by atoms with Crippen molar-refractivity contribution in [3.63, 3.8) is 0 Å². The van der Waals surface area contributed by atoms with Gasteiger partial charge in [0.1, 0.15) is 5.75 Å². The van der Waals surface area contributed by atoms with Crippen molar-refractivity contribution in [2.24, 2.45) is 5.41 Å². The highest BCUT2D eigenvalue weighted by Gasteiger charge is 2.68. The van der Waals surface area contributed by atoms with E-state index in [1.54, 1.807) is 24.4 Å². The molecule has 2 bridgehead atoms. The standard InChI is InChI=1S/C22H22Cl2N2O3/c1-13-5-15(8-25-14(13)2)19(27)7-21-10-22(11-21,12-21)26-20(28)9-29-16-3-4-17(23)18(24)6-16/h3-6,8H,7,9-12H2,1-2H3,(H,26,28). The van der Waals surface area contributed by atoms with Crippen LogP contribution in [0.4, 0.5) is 0 Å². The number of hydrogen-bond donors (Lipinski definition) is 1. The molecule has 5 rings (SSSR count). The molecule has 2 aromatic rings. The smallest absolute Gasteiger partial charge is 0.258 e. The Balaban J connectivity index is 1.25. The van der Waals surface area contributed by atoms with Gasteiger partial charge in [-0.05, 0) is 62.3 Å². The van der Waals surface area contributed by atoms with E-state index in [9.17, 15) is 9.59 Å². The molecule has 5 nitrogen and oxygen atoms in total. The second-order valence-corrected chi connectivity index (χ2v) is 9.26. The summed E-state index contributed by atoms with van der Waals surface area (Å²) in [6.07, 6.45) is 4.68. The number of amides is 1. The number of nitrogens with zero attached hydrogens (tertiary/aromatic N) is 1. The molecule has 1 heterocycles. The third-order valence-corrected chi connectivity index (χ3v) is 6.74. The number of pyridine rings is 1. The topological polar surface area (TPSA) is 68.3 Å². The van der Waals surface area contributed by atoms with Gasteiger partial charge in [0.05, 0.1) is 10.0 Å². The first-order valence-electron chi connectivity index (χ1n) is 9.55. The molecule has 0 aliphatic heterocycles. The highest BCUT2D eigenvalue weighted by Crippen LogP contribution is 2.69. The number of rotatable bonds is 7. The summed E-state index contributed by atoms with van der Waals surface area (Å²) in [5.74, 6) is 0.452. The van der Waals surface area contributed by atoms with E-state index < -0.39 is 0 Å². The zero-order chi connectivity index (χ0) is 20.8. The number of benzene rings is 1. The van der Waals surface area contributed by atoms with Crippen LogP contribution in [0.5, 0.6) is 5.75 Å². The number of Topliss-reactive ketones (excluding diaryl/α,β-unsaturated/α-hetero) is 1. The first-order valence-corrected chi connectivity index (χ1v) is 10.3. The zero-order valence-corrected chi connectivity index (χ0v) is 17.9. The monoisotopic (exact) mass is 432 g/mol. The second-order valence-electron chi connectivity index (χ2n) is 8.45. The van der Waals surface area contributed by atoms with Crippen molar-refractivity contribution in [2.75, 3.05) is 6.61 Å². The molecule has 3 aliphatic carbocycles. The summed E-state index contributed by atoms with van der Waals surface area (Å²) in [5, 5.41) is 3.89. The normalized spacial score (nSPS) is 24.3. The van der Waals surface area contributed by atoms with Crippen LogP contribution < -0.4 is 10.1 Å². The Hall–Kier alpha value is -2.11. The van der Waals surface area contributed by atoms with Gasteiger partial charge in [-0.1, -0.05) is 23.2 Å². The van der Waals surface area contributed by atoms with E-state index in [-0.39, 0.29) is 29.3 Å². The number of carbonyl (C=O) groups excluding carboxylic acids is 2. The molecule has 152 valence electrons. The van der Waals surface area contributed by atoms with Crippen LogP contribution in [0.3, 0.4) is 0 Å². The summed E-state index contributed by atoms with van der Waals surface area (Å²) in [4.78, 5) is 29.1. The fourth-order valence-corrected chi connectivity index (χ4v) is 4.89. The van der Waals surface area contributed by atoms with Crippen LogP contribution in [0, 0.1) is 19.3 Å². The lowest BCUT2D eigenvalue weighted by Crippen LogP contribution is -2.75. The Morgan fingerprint density at radius 1 is 1.14 bits per heavy atom. The number of nitrogens with one attached hydrogen (secondary N) is 1. The zero-order valence-electron chi connectivity index (χ0n) is 16.4. The van der Waals surface area contributed by atoms with Crippen LogP contribution in [0.25, 0.3) is 0 Å². The van der Waals surface area contributed by atoms with Gasteiger partial charge in [0.25, 0.3) is 5.91 Å². The maximum absolute atomic E-state index is 12.6. The van der Waals surface area contributed by atoms with Crippen LogP contribution in [0.1, 0.15) is 47.3 Å². The van der Waals surface area contributed by atoms with Crippen molar-refractivity contribution < 1.29 is 14.3 Å². The largest absolute Gasteiger partial charge is 0.484 e. The van der Waals surface area contributed by atoms with E-state index in [2.05, 4.69) is 10.3 Å². The Kier molecular flexibility index (Phi) is 5.07. The molecule has 1 aromatic carbocycles. The van der Waals surface area contributed by atoms with Gasteiger partial charge in [0.15, 0.2) is 12.4 Å². The van der Waals surface area contributed by atoms with E-state index in [1.807, 2.05) is 19.9 Å². The molecule has 0 unspecified atom stereocenters. The van der Waals surface area contributed by atoms with Crippen molar-refractivity contribution in [1.82, 2.24) is 10.3 Å². The molecular formula is C22H22Cl2N2O3. The van der Waals surface area contributed by atoms with Crippen LogP contribution >= 0.6 is 23.2 Å². The van der Waals surface area contributed by atoms with E-state index in [0.29, 0.717) is 27.8 Å². The first-order chi connectivity index (χ1) is 13.7. The van der Waals surface area contributed by atoms with E-state index in [1.165, 1.54) is 0 Å². The molecule has 0 saturated heterocycles. The lowest BCUT2D eigenvalue weighted by molar-refractivity contribution is -0.164. The minimum Gasteiger partial charge on any atom is -0.484 e. The van der Waals surface area contributed by atoms with Gasteiger partial charge >= 0.3 is 0 Å². The fourth-order valence-electron chi connectivity index (χ4n) is 4.60. The Morgan fingerprint density at radius 2 is 1.86 bits per heavy atom. The fraction of sp³-hybridized carbons (Fsp3) is 0.409. The molecule has 3 aliphatic rings. The van der Waals surface area contributed by atoms with Crippen molar-refractivity contribution in [3.8, 4) is 5.75 Å². The van der Waals surface area contributed by atoms with Crippen LogP contribution in [-0.4, -0.2) is 28.8 Å². The van der Waals surface area contributed by atoms with Gasteiger partial charge in [-0.25, -0.2) is 0 Å². The predicted octanol–water partition coefficient (Wildman–Crippen LogP) is 4.70. The Labute approximate surface area is 179 Å². The molecule has 1 aromatic heterocycles. The van der Waals surface area contributed by atoms with Crippen molar-refractivity contribution >= 4 is 34.9 Å². The minimum atomic E-state index is -0.181. The second kappa shape index (κ2) is 7.29. The quantitative estimate of drug-likeness (QED) is 0.643. The molecule has 3 fully saturated rings. The van der Waals surface area contributed by atoms with Crippen molar-refractivity contribution in [3.05, 3.63) is 57.3 Å². The lowest BCUT2D eigenvalue weighted by atomic mass is 9.38. The van der Waals surface area contributed by atoms with E-state index in [4.69, 9.17) is 27.9 Å². The SMILES string of the molecule is Cc1cc(C(=O)CC23CC(NC(=O)COc4ccc(Cl)c(Cl)c4)(C2)C3)cnc1C. The summed E-state index contributed by atoms with van der Waals surface area (Å²) in [6, 6.07) is 6.79. The van der Waals surface area contributed by atoms with E-state index >= 15 is 0 Å². The molecule has 0 radical (unpaired) electrons. The average molecular weight is 433 g/mol. The number of ketones is 1. The maximum Gasteiger partial charge on any atom is 0.258 e. The van der Waals surface area contributed by atoms with E-state index in [0.717, 1.165) is 30.5 Å². The van der Waals surface area contributed by atoms with Crippen molar-refractivity contribution in [1.29, 1.82) is 0 Å². The third-order valence-electron chi connectivity index (χ3n) is 6.00. The summed E-state index contributed by atoms with van der Waals surface area (Å²) in [5.41, 5.74) is 2.48. The number of carbonyl (C=O) groups is 2. The van der Waals surface area contributed by atoms with Gasteiger partial charge in [-0.2, -0.15) is 0 Å². The minimum absolute atomic E-state index is 0.0215. The number of aryl methyl sites for hydroxylation is 2. The number of hydrogen-bond acceptors (Lipinski definition) is 4.